The predicted octanol–water partition coefficient (Wildman–Crippen LogP) is 3.59. The van der Waals surface area contributed by atoms with Crippen LogP contribution in [0.25, 0.3) is 6.08 Å². The number of carbonyl (C=O) groups excluding carboxylic acids is 3. The molecule has 0 unspecified atom stereocenters. The highest BCUT2D eigenvalue weighted by molar-refractivity contribution is 6.01. The fraction of sp³-hybridized carbons (Fsp3) is 0.286. The van der Waals surface area contributed by atoms with Crippen molar-refractivity contribution in [1.82, 2.24) is 9.88 Å². The monoisotopic (exact) mass is 436 g/mol. The molecule has 2 heterocycles. The summed E-state index contributed by atoms with van der Waals surface area (Å²) < 4.78 is 45.0. The number of halogens is 3. The molecule has 1 aromatic carbocycles. The van der Waals surface area contributed by atoms with E-state index in [0.717, 1.165) is 31.1 Å². The van der Waals surface area contributed by atoms with Gasteiger partial charge in [0.15, 0.2) is 6.61 Å². The SMILES string of the molecule is O=C(/C=C/c1ccc(OC(F)(F)F)cc1)OCC(=O)c1c[nH]c(C(=O)N2CCCC2)c1. The Morgan fingerprint density at radius 2 is 1.77 bits per heavy atom. The van der Waals surface area contributed by atoms with Gasteiger partial charge < -0.3 is 19.4 Å². The summed E-state index contributed by atoms with van der Waals surface area (Å²) in [6.45, 7) is 0.850. The van der Waals surface area contributed by atoms with Gasteiger partial charge in [-0.05, 0) is 42.7 Å². The van der Waals surface area contributed by atoms with Crippen molar-refractivity contribution in [2.45, 2.75) is 19.2 Å². The number of ketones is 1. The first kappa shape index (κ1) is 22.1. The van der Waals surface area contributed by atoms with Crippen LogP contribution in [-0.4, -0.2) is 53.6 Å². The summed E-state index contributed by atoms with van der Waals surface area (Å²) in [5.41, 5.74) is 0.961. The maximum atomic E-state index is 12.3. The van der Waals surface area contributed by atoms with E-state index in [9.17, 15) is 27.6 Å². The fourth-order valence-corrected chi connectivity index (χ4v) is 2.98. The van der Waals surface area contributed by atoms with E-state index in [1.165, 1.54) is 30.5 Å². The fourth-order valence-electron chi connectivity index (χ4n) is 2.98. The van der Waals surface area contributed by atoms with Gasteiger partial charge in [0, 0.05) is 30.9 Å². The molecule has 1 aromatic heterocycles. The van der Waals surface area contributed by atoms with Crippen molar-refractivity contribution in [3.05, 3.63) is 59.4 Å². The third-order valence-corrected chi connectivity index (χ3v) is 4.50. The number of esters is 1. The van der Waals surface area contributed by atoms with Gasteiger partial charge in [-0.3, -0.25) is 9.59 Å². The molecule has 3 rings (SSSR count). The number of ether oxygens (including phenoxy) is 2. The quantitative estimate of drug-likeness (QED) is 0.407. The van der Waals surface area contributed by atoms with E-state index in [4.69, 9.17) is 4.74 Å². The van der Waals surface area contributed by atoms with Crippen molar-refractivity contribution in [1.29, 1.82) is 0 Å². The Bertz CT molecular complexity index is 974. The highest BCUT2D eigenvalue weighted by atomic mass is 19.4. The van der Waals surface area contributed by atoms with Crippen molar-refractivity contribution < 1.29 is 37.0 Å². The van der Waals surface area contributed by atoms with Crippen LogP contribution in [0.2, 0.25) is 0 Å². The zero-order valence-corrected chi connectivity index (χ0v) is 16.3. The average molecular weight is 436 g/mol. The van der Waals surface area contributed by atoms with E-state index in [2.05, 4.69) is 9.72 Å². The molecule has 164 valence electrons. The van der Waals surface area contributed by atoms with Gasteiger partial charge in [-0.2, -0.15) is 0 Å². The van der Waals surface area contributed by atoms with Gasteiger partial charge in [0.2, 0.25) is 5.78 Å². The molecular weight excluding hydrogens is 417 g/mol. The highest BCUT2D eigenvalue weighted by Gasteiger charge is 2.30. The van der Waals surface area contributed by atoms with E-state index in [1.54, 1.807) is 4.90 Å². The second-order valence-electron chi connectivity index (χ2n) is 6.78. The molecule has 10 heteroatoms. The van der Waals surface area contributed by atoms with E-state index in [0.29, 0.717) is 24.3 Å². The summed E-state index contributed by atoms with van der Waals surface area (Å²) in [6.07, 6.45) is 0.884. The van der Waals surface area contributed by atoms with Crippen LogP contribution >= 0.6 is 0 Å². The minimum absolute atomic E-state index is 0.178. The van der Waals surface area contributed by atoms with Crippen LogP contribution in [0.1, 0.15) is 39.3 Å². The number of likely N-dealkylation sites (tertiary alicyclic amines) is 1. The number of aromatic nitrogens is 1. The molecule has 0 spiro atoms. The number of hydrogen-bond donors (Lipinski definition) is 1. The Hall–Kier alpha value is -3.56. The number of nitrogens with zero attached hydrogens (tertiary/aromatic N) is 1. The number of benzene rings is 1. The lowest BCUT2D eigenvalue weighted by Gasteiger charge is -2.13. The van der Waals surface area contributed by atoms with Crippen molar-refractivity contribution in [2.75, 3.05) is 19.7 Å². The standard InChI is InChI=1S/C21H19F3N2O5/c22-21(23,24)31-16-6-3-14(4-7-16)5-8-19(28)30-13-18(27)15-11-17(25-12-15)20(29)26-9-1-2-10-26/h3-8,11-12,25H,1-2,9-10,13H2/b8-5+. The van der Waals surface area contributed by atoms with Gasteiger partial charge in [-0.25, -0.2) is 4.79 Å². The van der Waals surface area contributed by atoms with Gasteiger partial charge in [0.1, 0.15) is 11.4 Å². The zero-order valence-electron chi connectivity index (χ0n) is 16.3. The Labute approximate surface area is 175 Å². The molecule has 1 fully saturated rings. The molecule has 0 atom stereocenters. The van der Waals surface area contributed by atoms with Crippen molar-refractivity contribution in [3.63, 3.8) is 0 Å². The highest BCUT2D eigenvalue weighted by Crippen LogP contribution is 2.23. The average Bonchev–Trinajstić information content (AvgIpc) is 3.42. The van der Waals surface area contributed by atoms with Gasteiger partial charge >= 0.3 is 12.3 Å². The molecule has 0 radical (unpaired) electrons. The zero-order chi connectivity index (χ0) is 22.4. The topological polar surface area (TPSA) is 88.7 Å². The molecule has 1 aliphatic rings. The van der Waals surface area contributed by atoms with Crippen LogP contribution in [0.3, 0.4) is 0 Å². The first-order valence-corrected chi connectivity index (χ1v) is 9.43. The number of rotatable bonds is 7. The minimum atomic E-state index is -4.78. The summed E-state index contributed by atoms with van der Waals surface area (Å²) in [6, 6.07) is 6.30. The maximum Gasteiger partial charge on any atom is 0.573 e. The van der Waals surface area contributed by atoms with Gasteiger partial charge in [-0.1, -0.05) is 12.1 Å². The van der Waals surface area contributed by atoms with E-state index in [1.807, 2.05) is 0 Å². The van der Waals surface area contributed by atoms with Crippen LogP contribution in [0.5, 0.6) is 5.75 Å². The summed E-state index contributed by atoms with van der Waals surface area (Å²) in [5, 5.41) is 0. The van der Waals surface area contributed by atoms with Crippen molar-refractivity contribution in [3.8, 4) is 5.75 Å². The number of alkyl halides is 3. The Balaban J connectivity index is 1.48. The number of hydrogen-bond acceptors (Lipinski definition) is 5. The van der Waals surface area contributed by atoms with Crippen molar-refractivity contribution >= 4 is 23.7 Å². The number of amides is 1. The number of nitrogens with one attached hydrogen (secondary N) is 1. The largest absolute Gasteiger partial charge is 0.573 e. The summed E-state index contributed by atoms with van der Waals surface area (Å²) in [5.74, 6) is -1.84. The smallest absolute Gasteiger partial charge is 0.454 e. The molecule has 0 aliphatic carbocycles. The first-order valence-electron chi connectivity index (χ1n) is 9.43. The van der Waals surface area contributed by atoms with Crippen LogP contribution < -0.4 is 4.74 Å². The van der Waals surface area contributed by atoms with E-state index in [-0.39, 0.29) is 17.2 Å². The summed E-state index contributed by atoms with van der Waals surface area (Å²) in [7, 11) is 0. The van der Waals surface area contributed by atoms with Crippen molar-refractivity contribution in [2.24, 2.45) is 0 Å². The molecule has 0 bridgehead atoms. The van der Waals surface area contributed by atoms with Crippen LogP contribution in [-0.2, 0) is 9.53 Å². The molecule has 31 heavy (non-hydrogen) atoms. The minimum Gasteiger partial charge on any atom is -0.454 e. The van der Waals surface area contributed by atoms with Gasteiger partial charge in [0.25, 0.3) is 5.91 Å². The predicted molar refractivity (Wildman–Crippen MR) is 103 cm³/mol. The lowest BCUT2D eigenvalue weighted by Crippen LogP contribution is -2.27. The molecule has 1 aliphatic heterocycles. The number of carbonyl (C=O) groups is 3. The van der Waals surface area contributed by atoms with Gasteiger partial charge in [-0.15, -0.1) is 13.2 Å². The Morgan fingerprint density at radius 3 is 2.42 bits per heavy atom. The number of H-pyrrole nitrogens is 1. The second kappa shape index (κ2) is 9.50. The number of Topliss-reactive ketones (excluding diaryl/α,β-unsaturated/α-hetero) is 1. The molecule has 7 nitrogen and oxygen atoms in total. The lowest BCUT2D eigenvalue weighted by molar-refractivity contribution is -0.274. The third-order valence-electron chi connectivity index (χ3n) is 4.50. The summed E-state index contributed by atoms with van der Waals surface area (Å²) >= 11 is 0. The van der Waals surface area contributed by atoms with Gasteiger partial charge in [0.05, 0.1) is 0 Å². The van der Waals surface area contributed by atoms with E-state index >= 15 is 0 Å². The molecule has 1 N–H and O–H groups in total. The second-order valence-corrected chi connectivity index (χ2v) is 6.78. The third kappa shape index (κ3) is 6.46. The van der Waals surface area contributed by atoms with Crippen LogP contribution in [0.15, 0.2) is 42.6 Å². The number of aromatic amines is 1. The normalized spacial score (nSPS) is 14.1. The lowest BCUT2D eigenvalue weighted by atomic mass is 10.2. The first-order chi connectivity index (χ1) is 14.7. The Morgan fingerprint density at radius 1 is 1.10 bits per heavy atom. The van der Waals surface area contributed by atoms with Crippen LogP contribution in [0, 0.1) is 0 Å². The Kier molecular flexibility index (Phi) is 6.78. The summed E-state index contributed by atoms with van der Waals surface area (Å²) in [4.78, 5) is 40.7. The molecule has 1 amide bonds. The maximum absolute atomic E-state index is 12.3. The molecule has 1 saturated heterocycles. The molecular formula is C21H19F3N2O5. The van der Waals surface area contributed by atoms with Crippen LogP contribution in [0.4, 0.5) is 13.2 Å². The molecule has 0 saturated carbocycles. The molecule has 2 aromatic rings. The van der Waals surface area contributed by atoms with E-state index < -0.39 is 24.7 Å².